The summed E-state index contributed by atoms with van der Waals surface area (Å²) >= 11 is 0. The number of carbonyl (C=O) groups excluding carboxylic acids is 2. The second-order valence-corrected chi connectivity index (χ2v) is 20.2. The fourth-order valence-corrected chi connectivity index (χ4v) is 8.85. The third-order valence-electron chi connectivity index (χ3n) is 12.3. The van der Waals surface area contributed by atoms with Crippen LogP contribution in [0.5, 0.6) is 0 Å². The highest BCUT2D eigenvalue weighted by molar-refractivity contribution is 7.47. The first kappa shape index (κ1) is 63.2. The first-order chi connectivity index (χ1) is 31.6. The molecule has 0 aromatic rings. The number of rotatable bonds is 52. The van der Waals surface area contributed by atoms with E-state index in [1.54, 1.807) is 0 Å². The summed E-state index contributed by atoms with van der Waals surface area (Å²) in [5.41, 5.74) is 0. The van der Waals surface area contributed by atoms with Crippen molar-refractivity contribution in [2.45, 2.75) is 289 Å². The maximum atomic E-state index is 12.4. The number of allylic oxidation sites excluding steroid dienone is 2. The zero-order chi connectivity index (χ0) is 47.7. The maximum absolute atomic E-state index is 12.4. The molecule has 11 nitrogen and oxygen atoms in total. The molecule has 0 aromatic carbocycles. The van der Waals surface area contributed by atoms with Gasteiger partial charge in [-0.1, -0.05) is 238 Å². The van der Waals surface area contributed by atoms with Gasteiger partial charge in [0.2, 0.25) is 5.91 Å². The fourth-order valence-electron chi connectivity index (χ4n) is 8.08. The second-order valence-electron chi connectivity index (χ2n) is 18.8. The third kappa shape index (κ3) is 48.5. The predicted octanol–water partition coefficient (Wildman–Crippen LogP) is 15.2. The van der Waals surface area contributed by atoms with Gasteiger partial charge in [-0.25, -0.2) is 9.36 Å². The summed E-state index contributed by atoms with van der Waals surface area (Å²) in [7, 11) is -4.76. The van der Waals surface area contributed by atoms with Crippen LogP contribution in [0.1, 0.15) is 277 Å². The molecular formula is C53H102NO10P. The number of nitrogens with one attached hydrogen (secondary N) is 1. The average molecular weight is 944 g/mol. The number of phosphoric ester groups is 1. The molecule has 1 amide bonds. The topological polar surface area (TPSA) is 169 Å². The van der Waals surface area contributed by atoms with Crippen molar-refractivity contribution in [2.24, 2.45) is 0 Å². The van der Waals surface area contributed by atoms with Gasteiger partial charge >= 0.3 is 19.8 Å². The molecule has 65 heavy (non-hydrogen) atoms. The summed E-state index contributed by atoms with van der Waals surface area (Å²) < 4.78 is 27.0. The highest BCUT2D eigenvalue weighted by Gasteiger charge is 2.28. The minimum absolute atomic E-state index is 0.149. The Hall–Kier alpha value is -1.78. The van der Waals surface area contributed by atoms with Crippen molar-refractivity contribution >= 4 is 25.7 Å². The molecule has 0 aliphatic heterocycles. The van der Waals surface area contributed by atoms with Crippen LogP contribution >= 0.6 is 7.82 Å². The van der Waals surface area contributed by atoms with E-state index in [0.29, 0.717) is 12.8 Å². The third-order valence-corrected chi connectivity index (χ3v) is 13.3. The van der Waals surface area contributed by atoms with Crippen molar-refractivity contribution in [2.75, 3.05) is 19.8 Å². The molecule has 0 saturated carbocycles. The summed E-state index contributed by atoms with van der Waals surface area (Å²) in [6, 6.07) is -1.54. The first-order valence-electron chi connectivity index (χ1n) is 27.2. The van der Waals surface area contributed by atoms with Gasteiger partial charge in [0, 0.05) is 12.8 Å². The molecule has 0 radical (unpaired) electrons. The van der Waals surface area contributed by atoms with Gasteiger partial charge in [0.1, 0.15) is 12.7 Å². The molecule has 384 valence electrons. The minimum atomic E-state index is -4.76. The first-order valence-corrected chi connectivity index (χ1v) is 28.7. The number of carbonyl (C=O) groups is 3. The highest BCUT2D eigenvalue weighted by atomic mass is 31.2. The molecule has 0 spiro atoms. The predicted molar refractivity (Wildman–Crippen MR) is 268 cm³/mol. The Bertz CT molecular complexity index is 1150. The molecule has 0 aromatic heterocycles. The monoisotopic (exact) mass is 944 g/mol. The number of ether oxygens (including phenoxy) is 1. The number of aliphatic hydroxyl groups excluding tert-OH is 1. The number of carboxylic acid groups (broad SMARTS) is 1. The lowest BCUT2D eigenvalue weighted by atomic mass is 10.0. The van der Waals surface area contributed by atoms with Gasteiger partial charge in [-0.2, -0.15) is 0 Å². The standard InChI is InChI=1S/C53H102NO10P/c1-3-5-7-9-11-13-15-17-19-21-23-25-26-28-30-32-34-36-38-40-42-44-51(56)54-50(53(58)59)48-64-65(60,61)63-47-49(55)46-62-52(57)45-43-41-39-37-35-33-31-29-27-24-22-20-18-16-14-12-10-8-6-4-2/h17,19,49-50,55H,3-16,18,20-48H2,1-2H3,(H,54,56)(H,58,59)(H,60,61)/b19-17+. The van der Waals surface area contributed by atoms with Gasteiger partial charge in [0.05, 0.1) is 13.2 Å². The molecule has 3 unspecified atom stereocenters. The second kappa shape index (κ2) is 48.7. The Balaban J connectivity index is 3.77. The fraction of sp³-hybridized carbons (Fsp3) is 0.906. The molecule has 0 fully saturated rings. The van der Waals surface area contributed by atoms with Gasteiger partial charge in [0.15, 0.2) is 6.04 Å². The van der Waals surface area contributed by atoms with Gasteiger partial charge < -0.3 is 25.2 Å². The zero-order valence-electron chi connectivity index (χ0n) is 42.1. The molecule has 0 rings (SSSR count). The van der Waals surface area contributed by atoms with Crippen LogP contribution in [0.25, 0.3) is 0 Å². The number of hydrogen-bond donors (Lipinski definition) is 4. The lowest BCUT2D eigenvalue weighted by Crippen LogP contribution is -2.43. The van der Waals surface area contributed by atoms with E-state index in [4.69, 9.17) is 13.8 Å². The summed E-state index contributed by atoms with van der Waals surface area (Å²) in [4.78, 5) is 46.2. The molecule has 4 N–H and O–H groups in total. The largest absolute Gasteiger partial charge is 0.480 e. The van der Waals surface area contributed by atoms with Crippen molar-refractivity contribution < 1.29 is 47.8 Å². The Morgan fingerprint density at radius 3 is 1.17 bits per heavy atom. The van der Waals surface area contributed by atoms with Crippen molar-refractivity contribution in [3.63, 3.8) is 0 Å². The van der Waals surface area contributed by atoms with Crippen LogP contribution in [-0.4, -0.2) is 64.9 Å². The van der Waals surface area contributed by atoms with Gasteiger partial charge in [-0.15, -0.1) is 0 Å². The number of amides is 1. The van der Waals surface area contributed by atoms with Crippen LogP contribution in [0, 0.1) is 0 Å². The van der Waals surface area contributed by atoms with Crippen LogP contribution in [-0.2, 0) is 32.7 Å². The molecule has 3 atom stereocenters. The molecule has 0 saturated heterocycles. The Kier molecular flexibility index (Phi) is 47.3. The van der Waals surface area contributed by atoms with Crippen LogP contribution in [0.4, 0.5) is 0 Å². The molecule has 12 heteroatoms. The SMILES string of the molecule is CCCCCCCC/C=C/CCCCCCCCCCCCCC(=O)NC(COP(=O)(O)OCC(O)COC(=O)CCCCCCCCCCCCCCCCCCCCCC)C(=O)O. The van der Waals surface area contributed by atoms with Crippen LogP contribution in [0.15, 0.2) is 12.2 Å². The van der Waals surface area contributed by atoms with Crippen molar-refractivity contribution in [3.05, 3.63) is 12.2 Å². The van der Waals surface area contributed by atoms with E-state index in [1.165, 1.54) is 199 Å². The maximum Gasteiger partial charge on any atom is 0.472 e. The average Bonchev–Trinajstić information content (AvgIpc) is 3.28. The van der Waals surface area contributed by atoms with Crippen LogP contribution in [0.3, 0.4) is 0 Å². The number of aliphatic hydroxyl groups is 1. The molecule has 0 heterocycles. The van der Waals surface area contributed by atoms with Crippen molar-refractivity contribution in [1.29, 1.82) is 0 Å². The number of aliphatic carboxylic acids is 1. The van der Waals surface area contributed by atoms with E-state index in [2.05, 4.69) is 31.3 Å². The minimum Gasteiger partial charge on any atom is -0.480 e. The van der Waals surface area contributed by atoms with E-state index in [1.807, 2.05) is 0 Å². The van der Waals surface area contributed by atoms with E-state index in [0.717, 1.165) is 38.5 Å². The lowest BCUT2D eigenvalue weighted by Gasteiger charge is -2.18. The Labute approximate surface area is 398 Å². The molecule has 0 bridgehead atoms. The number of hydrogen-bond acceptors (Lipinski definition) is 8. The smallest absolute Gasteiger partial charge is 0.472 e. The van der Waals surface area contributed by atoms with Crippen LogP contribution < -0.4 is 5.32 Å². The summed E-state index contributed by atoms with van der Waals surface area (Å²) in [5.74, 6) is -2.35. The summed E-state index contributed by atoms with van der Waals surface area (Å²) in [6.07, 6.45) is 52.3. The highest BCUT2D eigenvalue weighted by Crippen LogP contribution is 2.43. The summed E-state index contributed by atoms with van der Waals surface area (Å²) in [5, 5.41) is 22.0. The van der Waals surface area contributed by atoms with Gasteiger partial charge in [0.25, 0.3) is 0 Å². The number of unbranched alkanes of at least 4 members (excludes halogenated alkanes) is 36. The lowest BCUT2D eigenvalue weighted by molar-refractivity contribution is -0.147. The molecular weight excluding hydrogens is 842 g/mol. The quantitative estimate of drug-likeness (QED) is 0.0199. The van der Waals surface area contributed by atoms with E-state index in [9.17, 15) is 34.1 Å². The zero-order valence-corrected chi connectivity index (χ0v) is 43.0. The van der Waals surface area contributed by atoms with Gasteiger partial charge in [-0.3, -0.25) is 18.6 Å². The van der Waals surface area contributed by atoms with Gasteiger partial charge in [-0.05, 0) is 38.5 Å². The van der Waals surface area contributed by atoms with Crippen molar-refractivity contribution in [1.82, 2.24) is 5.32 Å². The normalized spacial score (nSPS) is 13.5. The van der Waals surface area contributed by atoms with E-state index < -0.39 is 57.6 Å². The number of esters is 1. The Morgan fingerprint density at radius 2 is 0.800 bits per heavy atom. The summed E-state index contributed by atoms with van der Waals surface area (Å²) in [6.45, 7) is 2.65. The Morgan fingerprint density at radius 1 is 0.477 bits per heavy atom. The number of carboxylic acids is 1. The number of phosphoric acid groups is 1. The van der Waals surface area contributed by atoms with Crippen LogP contribution in [0.2, 0.25) is 0 Å². The molecule has 0 aliphatic rings. The molecule has 0 aliphatic carbocycles. The van der Waals surface area contributed by atoms with E-state index >= 15 is 0 Å². The van der Waals surface area contributed by atoms with E-state index in [-0.39, 0.29) is 12.8 Å². The van der Waals surface area contributed by atoms with Crippen molar-refractivity contribution in [3.8, 4) is 0 Å².